The van der Waals surface area contributed by atoms with Crippen molar-refractivity contribution in [3.63, 3.8) is 0 Å². The molecule has 0 radical (unpaired) electrons. The summed E-state index contributed by atoms with van der Waals surface area (Å²) in [7, 11) is 1.63. The first-order valence-electron chi connectivity index (χ1n) is 9.50. The summed E-state index contributed by atoms with van der Waals surface area (Å²) >= 11 is 0. The number of rotatable bonds is 7. The summed E-state index contributed by atoms with van der Waals surface area (Å²) in [4.78, 5) is 21.5. The Kier molecular flexibility index (Phi) is 6.16. The molecule has 0 saturated heterocycles. The Morgan fingerprint density at radius 2 is 1.93 bits per heavy atom. The Balaban J connectivity index is 2.20. The first-order chi connectivity index (χ1) is 14.0. The Hall–Kier alpha value is -3.35. The molecule has 1 aromatic carbocycles. The highest BCUT2D eigenvalue weighted by molar-refractivity contribution is 6.05. The van der Waals surface area contributed by atoms with E-state index in [0.717, 1.165) is 22.7 Å². The van der Waals surface area contributed by atoms with E-state index in [1.807, 2.05) is 45.0 Å². The summed E-state index contributed by atoms with van der Waals surface area (Å²) in [5.74, 6) is 0.959. The Morgan fingerprint density at radius 1 is 1.14 bits per heavy atom. The second kappa shape index (κ2) is 8.77. The van der Waals surface area contributed by atoms with Crippen LogP contribution < -0.4 is 14.8 Å². The van der Waals surface area contributed by atoms with E-state index in [1.54, 1.807) is 14.0 Å². The molecule has 7 heteroatoms. The number of methoxy groups -OCH3 is 1. The summed E-state index contributed by atoms with van der Waals surface area (Å²) in [6.45, 7) is 8.30. The largest absolute Gasteiger partial charge is 0.497 e. The summed E-state index contributed by atoms with van der Waals surface area (Å²) in [6, 6.07) is 7.54. The Morgan fingerprint density at radius 3 is 2.59 bits per heavy atom. The van der Waals surface area contributed by atoms with Crippen molar-refractivity contribution in [3.05, 3.63) is 47.3 Å². The van der Waals surface area contributed by atoms with E-state index >= 15 is 0 Å². The highest BCUT2D eigenvalue weighted by Crippen LogP contribution is 2.34. The van der Waals surface area contributed by atoms with Gasteiger partial charge < -0.3 is 19.5 Å². The van der Waals surface area contributed by atoms with Gasteiger partial charge in [-0.15, -0.1) is 0 Å². The molecule has 0 aliphatic rings. The van der Waals surface area contributed by atoms with Gasteiger partial charge in [0.2, 0.25) is 0 Å². The number of carbonyl (C=O) groups is 1. The van der Waals surface area contributed by atoms with Crippen molar-refractivity contribution in [1.82, 2.24) is 9.97 Å². The fraction of sp³-hybridized carbons (Fsp3) is 0.318. The van der Waals surface area contributed by atoms with Crippen LogP contribution in [0.2, 0.25) is 0 Å². The second-order valence-electron chi connectivity index (χ2n) is 6.45. The first kappa shape index (κ1) is 20.4. The van der Waals surface area contributed by atoms with Crippen LogP contribution in [0.3, 0.4) is 0 Å². The molecule has 3 aromatic rings. The van der Waals surface area contributed by atoms with Crippen LogP contribution >= 0.6 is 0 Å². The molecule has 2 heterocycles. The predicted molar refractivity (Wildman–Crippen MR) is 112 cm³/mol. The molecule has 7 nitrogen and oxygen atoms in total. The zero-order valence-corrected chi connectivity index (χ0v) is 17.3. The van der Waals surface area contributed by atoms with Crippen LogP contribution in [-0.2, 0) is 4.74 Å². The molecule has 2 aromatic heterocycles. The zero-order chi connectivity index (χ0) is 21.0. The zero-order valence-electron chi connectivity index (χ0n) is 17.3. The average Bonchev–Trinajstić information content (AvgIpc) is 2.70. The summed E-state index contributed by atoms with van der Waals surface area (Å²) < 4.78 is 16.2. The number of benzene rings is 1. The second-order valence-corrected chi connectivity index (χ2v) is 6.45. The van der Waals surface area contributed by atoms with Gasteiger partial charge in [-0.05, 0) is 57.5 Å². The van der Waals surface area contributed by atoms with Crippen molar-refractivity contribution in [2.24, 2.45) is 0 Å². The number of pyridine rings is 2. The van der Waals surface area contributed by atoms with E-state index in [4.69, 9.17) is 14.2 Å². The molecule has 0 bridgehead atoms. The number of esters is 1. The van der Waals surface area contributed by atoms with E-state index < -0.39 is 5.97 Å². The summed E-state index contributed by atoms with van der Waals surface area (Å²) in [5, 5.41) is 4.05. The molecule has 0 fully saturated rings. The number of hydrogen-bond donors (Lipinski definition) is 1. The molecule has 29 heavy (non-hydrogen) atoms. The third kappa shape index (κ3) is 4.23. The lowest BCUT2D eigenvalue weighted by Crippen LogP contribution is -2.10. The van der Waals surface area contributed by atoms with E-state index in [1.165, 1.54) is 6.20 Å². The SMILES string of the molecule is CCOC(=O)c1cnc2nc(C)c(OCC)cc2c1Nc1ccc(OC)cc1C. The third-order valence-electron chi connectivity index (χ3n) is 4.49. The fourth-order valence-corrected chi connectivity index (χ4v) is 3.03. The van der Waals surface area contributed by atoms with Gasteiger partial charge in [0.25, 0.3) is 0 Å². The monoisotopic (exact) mass is 395 g/mol. The molecule has 0 spiro atoms. The van der Waals surface area contributed by atoms with Gasteiger partial charge >= 0.3 is 5.97 Å². The minimum absolute atomic E-state index is 0.272. The van der Waals surface area contributed by atoms with Crippen molar-refractivity contribution in [1.29, 1.82) is 0 Å². The number of fused-ring (bicyclic) bond motifs is 1. The van der Waals surface area contributed by atoms with Crippen LogP contribution in [-0.4, -0.2) is 36.3 Å². The van der Waals surface area contributed by atoms with Crippen molar-refractivity contribution >= 4 is 28.4 Å². The van der Waals surface area contributed by atoms with E-state index in [9.17, 15) is 4.79 Å². The highest BCUT2D eigenvalue weighted by atomic mass is 16.5. The van der Waals surface area contributed by atoms with Gasteiger partial charge in [0.15, 0.2) is 5.65 Å². The van der Waals surface area contributed by atoms with Gasteiger partial charge in [-0.3, -0.25) is 0 Å². The van der Waals surface area contributed by atoms with Crippen LogP contribution in [0.25, 0.3) is 11.0 Å². The number of anilines is 2. The smallest absolute Gasteiger partial charge is 0.341 e. The topological polar surface area (TPSA) is 82.6 Å². The normalized spacial score (nSPS) is 10.7. The van der Waals surface area contributed by atoms with Crippen LogP contribution in [0.4, 0.5) is 11.4 Å². The maximum absolute atomic E-state index is 12.6. The number of aryl methyl sites for hydroxylation is 2. The number of hydrogen-bond acceptors (Lipinski definition) is 7. The molecule has 1 N–H and O–H groups in total. The van der Waals surface area contributed by atoms with Gasteiger partial charge in [-0.1, -0.05) is 0 Å². The van der Waals surface area contributed by atoms with E-state index in [2.05, 4.69) is 15.3 Å². The molecular weight excluding hydrogens is 370 g/mol. The lowest BCUT2D eigenvalue weighted by molar-refractivity contribution is 0.0527. The van der Waals surface area contributed by atoms with Gasteiger partial charge in [0, 0.05) is 17.3 Å². The molecule has 0 amide bonds. The first-order valence-corrected chi connectivity index (χ1v) is 9.50. The Labute approximate surface area is 170 Å². The summed E-state index contributed by atoms with van der Waals surface area (Å²) in [6.07, 6.45) is 1.49. The number of aromatic nitrogens is 2. The molecule has 0 atom stereocenters. The van der Waals surface area contributed by atoms with E-state index in [0.29, 0.717) is 34.6 Å². The maximum Gasteiger partial charge on any atom is 0.341 e. The van der Waals surface area contributed by atoms with E-state index in [-0.39, 0.29) is 6.61 Å². The van der Waals surface area contributed by atoms with Crippen molar-refractivity contribution in [2.45, 2.75) is 27.7 Å². The minimum Gasteiger partial charge on any atom is -0.497 e. The van der Waals surface area contributed by atoms with Gasteiger partial charge in [-0.25, -0.2) is 14.8 Å². The third-order valence-corrected chi connectivity index (χ3v) is 4.49. The molecule has 0 saturated carbocycles. The van der Waals surface area contributed by atoms with Crippen LogP contribution in [0.1, 0.15) is 35.5 Å². The van der Waals surface area contributed by atoms with Crippen molar-refractivity contribution in [3.8, 4) is 11.5 Å². The van der Waals surface area contributed by atoms with Crippen LogP contribution in [0, 0.1) is 13.8 Å². The molecule has 152 valence electrons. The van der Waals surface area contributed by atoms with Crippen LogP contribution in [0.15, 0.2) is 30.5 Å². The number of carbonyl (C=O) groups excluding carboxylic acids is 1. The number of nitrogens with zero attached hydrogens (tertiary/aromatic N) is 2. The molecule has 0 unspecified atom stereocenters. The summed E-state index contributed by atoms with van der Waals surface area (Å²) in [5.41, 5.74) is 3.98. The van der Waals surface area contributed by atoms with Crippen molar-refractivity contribution < 1.29 is 19.0 Å². The highest BCUT2D eigenvalue weighted by Gasteiger charge is 2.19. The van der Waals surface area contributed by atoms with Gasteiger partial charge in [-0.2, -0.15) is 0 Å². The number of nitrogens with one attached hydrogen (secondary N) is 1. The lowest BCUT2D eigenvalue weighted by atomic mass is 10.1. The molecule has 0 aliphatic heterocycles. The van der Waals surface area contributed by atoms with Crippen LogP contribution in [0.5, 0.6) is 11.5 Å². The lowest BCUT2D eigenvalue weighted by Gasteiger charge is -2.17. The van der Waals surface area contributed by atoms with Gasteiger partial charge in [0.1, 0.15) is 17.1 Å². The number of ether oxygens (including phenoxy) is 3. The Bertz CT molecular complexity index is 1050. The molecule has 3 rings (SSSR count). The predicted octanol–water partition coefficient (Wildman–Crippen LogP) is 4.57. The maximum atomic E-state index is 12.6. The van der Waals surface area contributed by atoms with Gasteiger partial charge in [0.05, 0.1) is 31.7 Å². The molecule has 0 aliphatic carbocycles. The van der Waals surface area contributed by atoms with Crippen molar-refractivity contribution in [2.75, 3.05) is 25.6 Å². The average molecular weight is 395 g/mol. The minimum atomic E-state index is -0.450. The quantitative estimate of drug-likeness (QED) is 0.587. The fourth-order valence-electron chi connectivity index (χ4n) is 3.03. The molecular formula is C22H25N3O4. The standard InChI is InChI=1S/C22H25N3O4/c1-6-28-19-11-16-20(25-18-9-8-15(27-5)10-13(18)3)17(22(26)29-7-2)12-23-21(16)24-14(19)4/h8-12H,6-7H2,1-5H3,(H,23,24,25).